The summed E-state index contributed by atoms with van der Waals surface area (Å²) < 4.78 is 5.96. The highest BCUT2D eigenvalue weighted by atomic mass is 16.5. The van der Waals surface area contributed by atoms with Gasteiger partial charge in [0.2, 0.25) is 0 Å². The van der Waals surface area contributed by atoms with Crippen LogP contribution in [0.2, 0.25) is 0 Å². The average Bonchev–Trinajstić information content (AvgIpc) is 2.75. The lowest BCUT2D eigenvalue weighted by Crippen LogP contribution is -2.22. The van der Waals surface area contributed by atoms with E-state index in [4.69, 9.17) is 4.74 Å². The van der Waals surface area contributed by atoms with Crippen LogP contribution in [-0.4, -0.2) is 25.8 Å². The molecular formula is C16H25NO. The third-order valence-electron chi connectivity index (χ3n) is 3.87. The first-order valence-corrected chi connectivity index (χ1v) is 7.05. The van der Waals surface area contributed by atoms with Gasteiger partial charge in [-0.15, -0.1) is 0 Å². The van der Waals surface area contributed by atoms with Crippen LogP contribution in [0.15, 0.2) is 24.3 Å². The molecule has 1 aliphatic rings. The Bertz CT molecular complexity index is 360. The Balaban J connectivity index is 2.01. The number of hydrogen-bond acceptors (Lipinski definition) is 2. The molecule has 2 nitrogen and oxygen atoms in total. The molecule has 1 aromatic carbocycles. The van der Waals surface area contributed by atoms with Gasteiger partial charge in [-0.3, -0.25) is 0 Å². The zero-order valence-electron chi connectivity index (χ0n) is 11.8. The van der Waals surface area contributed by atoms with Crippen molar-refractivity contribution in [2.24, 2.45) is 0 Å². The van der Waals surface area contributed by atoms with Crippen LogP contribution in [0.3, 0.4) is 0 Å². The van der Waals surface area contributed by atoms with Gasteiger partial charge in [0.1, 0.15) is 0 Å². The summed E-state index contributed by atoms with van der Waals surface area (Å²) in [7, 11) is 2.03. The monoisotopic (exact) mass is 247 g/mol. The maximum absolute atomic E-state index is 5.96. The maximum atomic E-state index is 5.96. The van der Waals surface area contributed by atoms with Crippen LogP contribution in [-0.2, 0) is 4.74 Å². The largest absolute Gasteiger partial charge is 0.375 e. The SMILES string of the molecule is CNCC(CC1CCC(C)O1)c1ccc(C)cc1. The van der Waals surface area contributed by atoms with Gasteiger partial charge < -0.3 is 10.1 Å². The zero-order chi connectivity index (χ0) is 13.0. The topological polar surface area (TPSA) is 21.3 Å². The molecule has 1 saturated heterocycles. The molecule has 2 rings (SSSR count). The van der Waals surface area contributed by atoms with E-state index in [9.17, 15) is 0 Å². The predicted octanol–water partition coefficient (Wildman–Crippen LogP) is 3.26. The van der Waals surface area contributed by atoms with E-state index in [0.717, 1.165) is 13.0 Å². The average molecular weight is 247 g/mol. The molecule has 100 valence electrons. The van der Waals surface area contributed by atoms with E-state index in [2.05, 4.69) is 43.4 Å². The fourth-order valence-corrected chi connectivity index (χ4v) is 2.80. The molecule has 1 fully saturated rings. The Morgan fingerprint density at radius 1 is 1.28 bits per heavy atom. The second kappa shape index (κ2) is 6.35. The predicted molar refractivity (Wildman–Crippen MR) is 76.0 cm³/mol. The molecule has 2 heteroatoms. The molecule has 1 aromatic rings. The standard InChI is InChI=1S/C16H25NO/c1-12-4-7-14(8-5-12)15(11-17-3)10-16-9-6-13(2)18-16/h4-5,7-8,13,15-17H,6,9-11H2,1-3H3. The van der Waals surface area contributed by atoms with Gasteiger partial charge in [-0.2, -0.15) is 0 Å². The van der Waals surface area contributed by atoms with E-state index in [1.54, 1.807) is 0 Å². The van der Waals surface area contributed by atoms with E-state index >= 15 is 0 Å². The summed E-state index contributed by atoms with van der Waals surface area (Å²) in [5.74, 6) is 0.561. The quantitative estimate of drug-likeness (QED) is 0.862. The summed E-state index contributed by atoms with van der Waals surface area (Å²) in [5, 5.41) is 3.31. The highest BCUT2D eigenvalue weighted by Gasteiger charge is 2.25. The number of nitrogens with one attached hydrogen (secondary N) is 1. The van der Waals surface area contributed by atoms with Crippen molar-refractivity contribution in [3.05, 3.63) is 35.4 Å². The zero-order valence-corrected chi connectivity index (χ0v) is 11.8. The third kappa shape index (κ3) is 3.56. The van der Waals surface area contributed by atoms with E-state index in [-0.39, 0.29) is 0 Å². The number of hydrogen-bond donors (Lipinski definition) is 1. The van der Waals surface area contributed by atoms with Crippen molar-refractivity contribution in [1.82, 2.24) is 5.32 Å². The lowest BCUT2D eigenvalue weighted by atomic mass is 9.91. The first-order valence-electron chi connectivity index (χ1n) is 7.05. The molecule has 18 heavy (non-hydrogen) atoms. The van der Waals surface area contributed by atoms with Gasteiger partial charge in [0.05, 0.1) is 12.2 Å². The van der Waals surface area contributed by atoms with Crippen molar-refractivity contribution in [3.8, 4) is 0 Å². The van der Waals surface area contributed by atoms with Gasteiger partial charge in [-0.05, 0) is 51.6 Å². The van der Waals surface area contributed by atoms with E-state index in [1.807, 2.05) is 7.05 Å². The fraction of sp³-hybridized carbons (Fsp3) is 0.625. The van der Waals surface area contributed by atoms with Gasteiger partial charge in [0.25, 0.3) is 0 Å². The summed E-state index contributed by atoms with van der Waals surface area (Å²) in [5.41, 5.74) is 2.76. The Hall–Kier alpha value is -0.860. The lowest BCUT2D eigenvalue weighted by Gasteiger charge is -2.21. The molecule has 0 bridgehead atoms. The van der Waals surface area contributed by atoms with E-state index < -0.39 is 0 Å². The van der Waals surface area contributed by atoms with Gasteiger partial charge >= 0.3 is 0 Å². The summed E-state index contributed by atoms with van der Waals surface area (Å²) in [6, 6.07) is 8.93. The smallest absolute Gasteiger partial charge is 0.0586 e. The Kier molecular flexibility index (Phi) is 4.79. The summed E-state index contributed by atoms with van der Waals surface area (Å²) in [6.45, 7) is 5.34. The van der Waals surface area contributed by atoms with Crippen molar-refractivity contribution < 1.29 is 4.74 Å². The van der Waals surface area contributed by atoms with Crippen LogP contribution >= 0.6 is 0 Å². The van der Waals surface area contributed by atoms with Crippen LogP contribution in [0.25, 0.3) is 0 Å². The first-order chi connectivity index (χ1) is 8.69. The molecule has 1 heterocycles. The van der Waals surface area contributed by atoms with Crippen LogP contribution in [0.1, 0.15) is 43.2 Å². The van der Waals surface area contributed by atoms with E-state index in [1.165, 1.54) is 24.0 Å². The van der Waals surface area contributed by atoms with Crippen LogP contribution in [0.5, 0.6) is 0 Å². The van der Waals surface area contributed by atoms with Crippen molar-refractivity contribution >= 4 is 0 Å². The molecule has 3 unspecified atom stereocenters. The van der Waals surface area contributed by atoms with Gasteiger partial charge in [0.15, 0.2) is 0 Å². The van der Waals surface area contributed by atoms with Crippen molar-refractivity contribution in [2.45, 2.75) is 51.2 Å². The van der Waals surface area contributed by atoms with Gasteiger partial charge in [-0.25, -0.2) is 0 Å². The second-order valence-electron chi connectivity index (χ2n) is 5.55. The minimum Gasteiger partial charge on any atom is -0.375 e. The molecule has 0 radical (unpaired) electrons. The molecule has 1 aliphatic heterocycles. The molecule has 3 atom stereocenters. The lowest BCUT2D eigenvalue weighted by molar-refractivity contribution is 0.0467. The molecule has 0 spiro atoms. The van der Waals surface area contributed by atoms with Gasteiger partial charge in [-0.1, -0.05) is 29.8 Å². The highest BCUT2D eigenvalue weighted by Crippen LogP contribution is 2.29. The maximum Gasteiger partial charge on any atom is 0.0586 e. The molecule has 0 aromatic heterocycles. The van der Waals surface area contributed by atoms with E-state index in [0.29, 0.717) is 18.1 Å². The number of benzene rings is 1. The molecule has 0 aliphatic carbocycles. The number of ether oxygens (including phenoxy) is 1. The number of likely N-dealkylation sites (N-methyl/N-ethyl adjacent to an activating group) is 1. The molecule has 0 saturated carbocycles. The van der Waals surface area contributed by atoms with Crippen LogP contribution in [0.4, 0.5) is 0 Å². The van der Waals surface area contributed by atoms with Crippen molar-refractivity contribution in [3.63, 3.8) is 0 Å². The minimum absolute atomic E-state index is 0.444. The fourth-order valence-electron chi connectivity index (χ4n) is 2.80. The summed E-state index contributed by atoms with van der Waals surface area (Å²) >= 11 is 0. The Morgan fingerprint density at radius 2 is 2.00 bits per heavy atom. The Morgan fingerprint density at radius 3 is 2.56 bits per heavy atom. The number of rotatable bonds is 5. The van der Waals surface area contributed by atoms with Crippen molar-refractivity contribution in [1.29, 1.82) is 0 Å². The summed E-state index contributed by atoms with van der Waals surface area (Å²) in [4.78, 5) is 0. The van der Waals surface area contributed by atoms with Gasteiger partial charge in [0, 0.05) is 6.54 Å². The molecule has 1 N–H and O–H groups in total. The third-order valence-corrected chi connectivity index (χ3v) is 3.87. The van der Waals surface area contributed by atoms with Crippen LogP contribution < -0.4 is 5.32 Å². The summed E-state index contributed by atoms with van der Waals surface area (Å²) in [6.07, 6.45) is 4.45. The first kappa shape index (κ1) is 13.6. The van der Waals surface area contributed by atoms with Crippen LogP contribution in [0, 0.1) is 6.92 Å². The normalized spacial score (nSPS) is 25.3. The highest BCUT2D eigenvalue weighted by molar-refractivity contribution is 5.25. The van der Waals surface area contributed by atoms with Crippen molar-refractivity contribution in [2.75, 3.05) is 13.6 Å². The minimum atomic E-state index is 0.444. The molecular weight excluding hydrogens is 222 g/mol. The Labute approximate surface area is 111 Å². The molecule has 0 amide bonds. The number of aryl methyl sites for hydroxylation is 1. The second-order valence-corrected chi connectivity index (χ2v) is 5.55.